The molecule has 6 nitrogen and oxygen atoms in total. The Balaban J connectivity index is 1.14. The summed E-state index contributed by atoms with van der Waals surface area (Å²) in [6, 6.07) is 41.9. The number of fused-ring (bicyclic) bond motifs is 3. The van der Waals surface area contributed by atoms with Crippen LogP contribution in [-0.2, 0) is 26.3 Å². The normalized spacial score (nSPS) is 11.3. The molecule has 0 N–H and O–H groups in total. The second-order valence-corrected chi connectivity index (χ2v) is 12.2. The number of benzene rings is 5. The summed E-state index contributed by atoms with van der Waals surface area (Å²) < 4.78 is 17.5. The molecule has 0 spiro atoms. The number of allylic oxidation sites excluding steroid dienone is 2. The van der Waals surface area contributed by atoms with Crippen molar-refractivity contribution in [2.75, 3.05) is 0 Å². The van der Waals surface area contributed by atoms with Crippen molar-refractivity contribution in [1.29, 1.82) is 0 Å². The van der Waals surface area contributed by atoms with Crippen molar-refractivity contribution in [3.05, 3.63) is 170 Å². The number of rotatable bonds is 12. The molecule has 3 aromatic heterocycles. The molecule has 0 radical (unpaired) electrons. The van der Waals surface area contributed by atoms with Crippen molar-refractivity contribution in [3.8, 4) is 34.3 Å². The van der Waals surface area contributed by atoms with Crippen LogP contribution in [0.1, 0.15) is 11.1 Å². The smallest absolute Gasteiger partial charge is 0.242 e. The molecule has 0 bridgehead atoms. The molecule has 0 atom stereocenters. The number of ether oxygens (including phenoxy) is 2. The van der Waals surface area contributed by atoms with Gasteiger partial charge in [0, 0.05) is 59.1 Å². The average Bonchev–Trinajstić information content (AvgIpc) is 3.83. The minimum absolute atomic E-state index is 0.318. The third kappa shape index (κ3) is 5.71. The largest absolute Gasteiger partial charge is 0.471 e. The van der Waals surface area contributed by atoms with Crippen molar-refractivity contribution in [3.63, 3.8) is 0 Å². The van der Waals surface area contributed by atoms with E-state index >= 15 is 0 Å². The Hall–Kier alpha value is -6.40. The maximum Gasteiger partial charge on any atom is 0.242 e. The predicted octanol–water partition coefficient (Wildman–Crippen LogP) is 10.4. The molecule has 8 rings (SSSR count). The summed E-state index contributed by atoms with van der Waals surface area (Å²) in [6.45, 7) is 9.97. The van der Waals surface area contributed by atoms with E-state index in [1.807, 2.05) is 36.4 Å². The first-order valence-corrected chi connectivity index (χ1v) is 16.8. The summed E-state index contributed by atoms with van der Waals surface area (Å²) >= 11 is 0. The van der Waals surface area contributed by atoms with Crippen LogP contribution in [0.4, 0.5) is 0 Å². The maximum atomic E-state index is 6.56. The van der Waals surface area contributed by atoms with Crippen LogP contribution in [-0.4, -0.2) is 19.3 Å². The molecule has 6 heteroatoms. The zero-order valence-corrected chi connectivity index (χ0v) is 27.7. The highest BCUT2D eigenvalue weighted by Gasteiger charge is 2.18. The van der Waals surface area contributed by atoms with Crippen LogP contribution in [0.15, 0.2) is 159 Å². The van der Waals surface area contributed by atoms with Crippen LogP contribution in [0.3, 0.4) is 0 Å². The van der Waals surface area contributed by atoms with Crippen LogP contribution in [0, 0.1) is 0 Å². The molecule has 5 aromatic carbocycles. The Morgan fingerprint density at radius 3 is 1.34 bits per heavy atom. The SMILES string of the molecule is C=CCn1cccc1-c1ccc2ccccc2c1COc1nnc(OCc2c(-c3cccn3CC=C)ccc3ccccc23)c2ccccc12. The van der Waals surface area contributed by atoms with Crippen molar-refractivity contribution < 1.29 is 9.47 Å². The van der Waals surface area contributed by atoms with Crippen molar-refractivity contribution in [2.24, 2.45) is 0 Å². The molecule has 0 saturated heterocycles. The molecule has 0 fully saturated rings. The highest BCUT2D eigenvalue weighted by molar-refractivity contribution is 5.93. The second kappa shape index (κ2) is 13.6. The lowest BCUT2D eigenvalue weighted by Gasteiger charge is -2.17. The summed E-state index contributed by atoms with van der Waals surface area (Å²) in [5.41, 5.74) is 6.61. The number of nitrogens with zero attached hydrogens (tertiary/aromatic N) is 4. The second-order valence-electron chi connectivity index (χ2n) is 12.2. The Morgan fingerprint density at radius 1 is 0.480 bits per heavy atom. The van der Waals surface area contributed by atoms with Crippen molar-refractivity contribution >= 4 is 32.3 Å². The monoisotopic (exact) mass is 652 g/mol. The van der Waals surface area contributed by atoms with Gasteiger partial charge in [0.2, 0.25) is 11.8 Å². The molecule has 0 amide bonds. The minimum atomic E-state index is 0.318. The summed E-state index contributed by atoms with van der Waals surface area (Å²) in [4.78, 5) is 0. The number of hydrogen-bond acceptors (Lipinski definition) is 4. The summed E-state index contributed by atoms with van der Waals surface area (Å²) in [6.07, 6.45) is 7.98. The van der Waals surface area contributed by atoms with Gasteiger partial charge in [-0.05, 0) is 57.9 Å². The van der Waals surface area contributed by atoms with E-state index < -0.39 is 0 Å². The van der Waals surface area contributed by atoms with Gasteiger partial charge in [0.15, 0.2) is 0 Å². The number of hydrogen-bond donors (Lipinski definition) is 0. The van der Waals surface area contributed by atoms with Crippen LogP contribution in [0.2, 0.25) is 0 Å². The van der Waals surface area contributed by atoms with E-state index in [0.29, 0.717) is 25.0 Å². The van der Waals surface area contributed by atoms with Gasteiger partial charge in [-0.3, -0.25) is 0 Å². The van der Waals surface area contributed by atoms with Gasteiger partial charge in [-0.15, -0.1) is 23.4 Å². The lowest BCUT2D eigenvalue weighted by Crippen LogP contribution is -2.06. The Kier molecular flexibility index (Phi) is 8.41. The van der Waals surface area contributed by atoms with Crippen LogP contribution in [0.5, 0.6) is 11.8 Å². The fourth-order valence-electron chi connectivity index (χ4n) is 6.93. The molecular weight excluding hydrogens is 617 g/mol. The van der Waals surface area contributed by atoms with Gasteiger partial charge >= 0.3 is 0 Å². The van der Waals surface area contributed by atoms with E-state index in [0.717, 1.165) is 79.0 Å². The van der Waals surface area contributed by atoms with E-state index in [4.69, 9.17) is 9.47 Å². The summed E-state index contributed by atoms with van der Waals surface area (Å²) in [5.74, 6) is 0.919. The molecule has 0 saturated carbocycles. The van der Waals surface area contributed by atoms with Gasteiger partial charge in [-0.25, -0.2) is 0 Å². The third-order valence-corrected chi connectivity index (χ3v) is 9.27. The minimum Gasteiger partial charge on any atom is -0.471 e. The van der Waals surface area contributed by atoms with E-state index in [1.165, 1.54) is 0 Å². The Bertz CT molecular complexity index is 2330. The van der Waals surface area contributed by atoms with Crippen molar-refractivity contribution in [2.45, 2.75) is 26.3 Å². The standard InChI is InChI=1S/C44H36N4O2/c1-3-25-47-27-11-19-41(47)35-23-21-31-13-5-7-15-33(31)39(35)29-49-43-37-17-9-10-18-38(37)44(46-45-43)50-30-40-34-16-8-6-14-32(34)22-24-36(40)42-20-12-28-48(42)26-4-2/h3-24,27-28H,1-2,25-26,29-30H2. The Morgan fingerprint density at radius 2 is 0.900 bits per heavy atom. The molecule has 50 heavy (non-hydrogen) atoms. The van der Waals surface area contributed by atoms with Gasteiger partial charge in [0.05, 0.1) is 10.8 Å². The fraction of sp³-hybridized carbons (Fsp3) is 0.0909. The van der Waals surface area contributed by atoms with Gasteiger partial charge in [0.1, 0.15) is 13.2 Å². The zero-order chi connectivity index (χ0) is 33.9. The average molecular weight is 653 g/mol. The highest BCUT2D eigenvalue weighted by atomic mass is 16.5. The fourth-order valence-corrected chi connectivity index (χ4v) is 6.93. The first kappa shape index (κ1) is 30.9. The molecule has 0 aliphatic heterocycles. The van der Waals surface area contributed by atoms with Crippen LogP contribution in [0.25, 0.3) is 54.8 Å². The molecule has 3 heterocycles. The molecule has 0 aliphatic carbocycles. The summed E-state index contributed by atoms with van der Waals surface area (Å²) in [5, 5.41) is 15.5. The van der Waals surface area contributed by atoms with E-state index in [9.17, 15) is 0 Å². The zero-order valence-electron chi connectivity index (χ0n) is 27.7. The van der Waals surface area contributed by atoms with E-state index in [2.05, 4.69) is 142 Å². The van der Waals surface area contributed by atoms with Gasteiger partial charge in [-0.1, -0.05) is 97.1 Å². The van der Waals surface area contributed by atoms with E-state index in [1.54, 1.807) is 0 Å². The topological polar surface area (TPSA) is 54.1 Å². The van der Waals surface area contributed by atoms with Crippen LogP contribution >= 0.6 is 0 Å². The van der Waals surface area contributed by atoms with Gasteiger partial charge in [-0.2, -0.15) is 0 Å². The van der Waals surface area contributed by atoms with Crippen molar-refractivity contribution in [1.82, 2.24) is 19.3 Å². The first-order chi connectivity index (χ1) is 24.7. The van der Waals surface area contributed by atoms with Gasteiger partial charge < -0.3 is 18.6 Å². The molecular formula is C44H36N4O2. The molecule has 0 unspecified atom stereocenters. The Labute approximate surface area is 291 Å². The highest BCUT2D eigenvalue weighted by Crippen LogP contribution is 2.36. The predicted molar refractivity (Wildman–Crippen MR) is 203 cm³/mol. The first-order valence-electron chi connectivity index (χ1n) is 16.8. The molecule has 0 aliphatic rings. The van der Waals surface area contributed by atoms with Crippen LogP contribution < -0.4 is 9.47 Å². The summed E-state index contributed by atoms with van der Waals surface area (Å²) in [7, 11) is 0. The maximum absolute atomic E-state index is 6.56. The lowest BCUT2D eigenvalue weighted by atomic mass is 9.97. The quantitative estimate of drug-likeness (QED) is 0.123. The lowest BCUT2D eigenvalue weighted by molar-refractivity contribution is 0.280. The molecule has 8 aromatic rings. The molecule has 244 valence electrons. The van der Waals surface area contributed by atoms with Gasteiger partial charge in [0.25, 0.3) is 0 Å². The number of aromatic nitrogens is 4. The third-order valence-electron chi connectivity index (χ3n) is 9.27. The van der Waals surface area contributed by atoms with E-state index in [-0.39, 0.29) is 0 Å².